The summed E-state index contributed by atoms with van der Waals surface area (Å²) in [4.78, 5) is 25.6. The molecule has 0 saturated carbocycles. The van der Waals surface area contributed by atoms with Crippen molar-refractivity contribution in [1.82, 2.24) is 20.3 Å². The topological polar surface area (TPSA) is 70.7 Å². The van der Waals surface area contributed by atoms with Crippen molar-refractivity contribution >= 4 is 28.3 Å². The maximum Gasteiger partial charge on any atom is 0.251 e. The van der Waals surface area contributed by atoms with Crippen LogP contribution in [0.4, 0.5) is 0 Å². The highest BCUT2D eigenvalue weighted by atomic mass is 32.1. The molecule has 0 aliphatic heterocycles. The van der Waals surface area contributed by atoms with Crippen LogP contribution < -0.4 is 5.32 Å². The zero-order chi connectivity index (χ0) is 15.6. The van der Waals surface area contributed by atoms with E-state index in [0.29, 0.717) is 12.1 Å². The summed E-state index contributed by atoms with van der Waals surface area (Å²) >= 11 is 1.81. The molecule has 0 bridgehead atoms. The molecular formula is C17H18N4OS. The zero-order valence-corrected chi connectivity index (χ0v) is 13.6. The van der Waals surface area contributed by atoms with Gasteiger partial charge < -0.3 is 10.3 Å². The van der Waals surface area contributed by atoms with Crippen molar-refractivity contribution in [3.8, 4) is 0 Å². The SMILES string of the molecule is O=C(NCCc1nc2c(s1)CCCC2)c1ccc2nc[nH]c2c1. The summed E-state index contributed by atoms with van der Waals surface area (Å²) in [5.74, 6) is -0.0529. The molecule has 2 aromatic heterocycles. The standard InChI is InChI=1S/C17H18N4OS/c22-17(11-5-6-12-14(9-11)20-10-19-12)18-8-7-16-21-13-3-1-2-4-15(13)23-16/h5-6,9-10H,1-4,7-8H2,(H,18,22)(H,19,20). The lowest BCUT2D eigenvalue weighted by atomic mass is 10.0. The molecule has 0 unspecified atom stereocenters. The Labute approximate surface area is 138 Å². The molecule has 5 nitrogen and oxygen atoms in total. The van der Waals surface area contributed by atoms with Gasteiger partial charge in [-0.15, -0.1) is 11.3 Å². The lowest BCUT2D eigenvalue weighted by Crippen LogP contribution is -2.25. The fraction of sp³-hybridized carbons (Fsp3) is 0.353. The van der Waals surface area contributed by atoms with Gasteiger partial charge in [-0.2, -0.15) is 0 Å². The van der Waals surface area contributed by atoms with Gasteiger partial charge in [-0.25, -0.2) is 9.97 Å². The van der Waals surface area contributed by atoms with Gasteiger partial charge in [0, 0.05) is 23.4 Å². The number of benzene rings is 1. The molecule has 0 saturated heterocycles. The fourth-order valence-electron chi connectivity index (χ4n) is 2.97. The van der Waals surface area contributed by atoms with Gasteiger partial charge in [-0.05, 0) is 43.9 Å². The number of rotatable bonds is 4. The number of carbonyl (C=O) groups is 1. The predicted molar refractivity (Wildman–Crippen MR) is 90.9 cm³/mol. The van der Waals surface area contributed by atoms with Crippen molar-refractivity contribution in [1.29, 1.82) is 0 Å². The Morgan fingerprint density at radius 2 is 2.22 bits per heavy atom. The second-order valence-corrected chi connectivity index (χ2v) is 6.99. The second kappa shape index (κ2) is 6.12. The van der Waals surface area contributed by atoms with Crippen LogP contribution in [0.3, 0.4) is 0 Å². The first-order valence-electron chi connectivity index (χ1n) is 7.98. The number of amides is 1. The number of hydrogen-bond donors (Lipinski definition) is 2. The van der Waals surface area contributed by atoms with Crippen molar-refractivity contribution in [2.75, 3.05) is 6.54 Å². The van der Waals surface area contributed by atoms with E-state index in [9.17, 15) is 4.79 Å². The van der Waals surface area contributed by atoms with Crippen LogP contribution >= 0.6 is 11.3 Å². The smallest absolute Gasteiger partial charge is 0.251 e. The van der Waals surface area contributed by atoms with Crippen LogP contribution in [0, 0.1) is 0 Å². The Bertz CT molecular complexity index is 828. The van der Waals surface area contributed by atoms with E-state index < -0.39 is 0 Å². The van der Waals surface area contributed by atoms with Crippen molar-refractivity contribution in [3.05, 3.63) is 45.7 Å². The highest BCUT2D eigenvalue weighted by molar-refractivity contribution is 7.11. The summed E-state index contributed by atoms with van der Waals surface area (Å²) in [5.41, 5.74) is 3.69. The Morgan fingerprint density at radius 3 is 3.13 bits per heavy atom. The first-order valence-corrected chi connectivity index (χ1v) is 8.80. The number of imidazole rings is 1. The number of aromatic amines is 1. The Hall–Kier alpha value is -2.21. The van der Waals surface area contributed by atoms with Crippen molar-refractivity contribution in [2.24, 2.45) is 0 Å². The van der Waals surface area contributed by atoms with Crippen molar-refractivity contribution in [2.45, 2.75) is 32.1 Å². The summed E-state index contributed by atoms with van der Waals surface area (Å²) < 4.78 is 0. The van der Waals surface area contributed by atoms with Crippen LogP contribution in [0.1, 0.15) is 38.8 Å². The normalized spacial score (nSPS) is 13.9. The van der Waals surface area contributed by atoms with E-state index in [-0.39, 0.29) is 5.91 Å². The number of aromatic nitrogens is 3. The minimum absolute atomic E-state index is 0.0529. The minimum atomic E-state index is -0.0529. The molecular weight excluding hydrogens is 308 g/mol. The Balaban J connectivity index is 1.36. The number of thiazole rings is 1. The monoisotopic (exact) mass is 326 g/mol. The number of aryl methyl sites for hydroxylation is 2. The molecule has 6 heteroatoms. The minimum Gasteiger partial charge on any atom is -0.352 e. The summed E-state index contributed by atoms with van der Waals surface area (Å²) in [6.07, 6.45) is 7.25. The molecule has 0 fully saturated rings. The van der Waals surface area contributed by atoms with Gasteiger partial charge in [-0.3, -0.25) is 4.79 Å². The number of nitrogens with one attached hydrogen (secondary N) is 2. The number of H-pyrrole nitrogens is 1. The summed E-state index contributed by atoms with van der Waals surface area (Å²) in [6.45, 7) is 0.617. The van der Waals surface area contributed by atoms with Crippen molar-refractivity contribution < 1.29 is 4.79 Å². The van der Waals surface area contributed by atoms with Gasteiger partial charge in [0.1, 0.15) is 0 Å². The van der Waals surface area contributed by atoms with Gasteiger partial charge in [0.2, 0.25) is 0 Å². The van der Waals surface area contributed by atoms with E-state index in [2.05, 4.69) is 15.3 Å². The average Bonchev–Trinajstić information content (AvgIpc) is 3.19. The average molecular weight is 326 g/mol. The first-order chi connectivity index (χ1) is 11.3. The van der Waals surface area contributed by atoms with E-state index in [0.717, 1.165) is 28.9 Å². The van der Waals surface area contributed by atoms with Gasteiger partial charge >= 0.3 is 0 Å². The van der Waals surface area contributed by atoms with Gasteiger partial charge in [0.15, 0.2) is 0 Å². The van der Waals surface area contributed by atoms with Gasteiger partial charge in [-0.1, -0.05) is 0 Å². The lowest BCUT2D eigenvalue weighted by molar-refractivity contribution is 0.0954. The maximum atomic E-state index is 12.2. The summed E-state index contributed by atoms with van der Waals surface area (Å²) in [5, 5.41) is 4.12. The maximum absolute atomic E-state index is 12.2. The van der Waals surface area contributed by atoms with E-state index in [1.165, 1.54) is 29.8 Å². The third kappa shape index (κ3) is 2.99. The highest BCUT2D eigenvalue weighted by Crippen LogP contribution is 2.26. The quantitative estimate of drug-likeness (QED) is 0.774. The molecule has 2 heterocycles. The van der Waals surface area contributed by atoms with E-state index in [1.807, 2.05) is 23.5 Å². The molecule has 1 aromatic carbocycles. The molecule has 118 valence electrons. The van der Waals surface area contributed by atoms with Crippen LogP contribution in [-0.4, -0.2) is 27.4 Å². The van der Waals surface area contributed by atoms with Crippen LogP contribution in [0.15, 0.2) is 24.5 Å². The number of nitrogens with zero attached hydrogens (tertiary/aromatic N) is 2. The fourth-order valence-corrected chi connectivity index (χ4v) is 4.13. The van der Waals surface area contributed by atoms with E-state index in [1.54, 1.807) is 12.4 Å². The van der Waals surface area contributed by atoms with Crippen LogP contribution in [0.5, 0.6) is 0 Å². The predicted octanol–water partition coefficient (Wildman–Crippen LogP) is 2.87. The molecule has 1 aliphatic carbocycles. The molecule has 0 radical (unpaired) electrons. The zero-order valence-electron chi connectivity index (χ0n) is 12.8. The molecule has 0 atom stereocenters. The first kappa shape index (κ1) is 14.4. The molecule has 0 spiro atoms. The summed E-state index contributed by atoms with van der Waals surface area (Å²) in [6, 6.07) is 5.50. The molecule has 23 heavy (non-hydrogen) atoms. The molecule has 3 aromatic rings. The van der Waals surface area contributed by atoms with Crippen LogP contribution in [0.25, 0.3) is 11.0 Å². The second-order valence-electron chi connectivity index (χ2n) is 5.82. The lowest BCUT2D eigenvalue weighted by Gasteiger charge is -2.06. The molecule has 4 rings (SSSR count). The molecule has 2 N–H and O–H groups in total. The number of hydrogen-bond acceptors (Lipinski definition) is 4. The van der Waals surface area contributed by atoms with Crippen LogP contribution in [-0.2, 0) is 19.3 Å². The van der Waals surface area contributed by atoms with Crippen LogP contribution in [0.2, 0.25) is 0 Å². The largest absolute Gasteiger partial charge is 0.352 e. The Kier molecular flexibility index (Phi) is 3.83. The van der Waals surface area contributed by atoms with Gasteiger partial charge in [0.25, 0.3) is 5.91 Å². The van der Waals surface area contributed by atoms with Gasteiger partial charge in [0.05, 0.1) is 28.1 Å². The Morgan fingerprint density at radius 1 is 1.30 bits per heavy atom. The highest BCUT2D eigenvalue weighted by Gasteiger charge is 2.15. The third-order valence-electron chi connectivity index (χ3n) is 4.20. The van der Waals surface area contributed by atoms with Crippen molar-refractivity contribution in [3.63, 3.8) is 0 Å². The number of fused-ring (bicyclic) bond motifs is 2. The molecule has 1 amide bonds. The summed E-state index contributed by atoms with van der Waals surface area (Å²) in [7, 11) is 0. The third-order valence-corrected chi connectivity index (χ3v) is 5.41. The van der Waals surface area contributed by atoms with E-state index >= 15 is 0 Å². The molecule has 1 aliphatic rings. The number of carbonyl (C=O) groups excluding carboxylic acids is 1. The van der Waals surface area contributed by atoms with E-state index in [4.69, 9.17) is 4.98 Å².